The van der Waals surface area contributed by atoms with Crippen molar-refractivity contribution in [2.75, 3.05) is 6.61 Å². The van der Waals surface area contributed by atoms with Crippen molar-refractivity contribution in [1.29, 1.82) is 0 Å². The van der Waals surface area contributed by atoms with Crippen molar-refractivity contribution in [1.82, 2.24) is 14.5 Å². The highest BCUT2D eigenvalue weighted by Gasteiger charge is 2.23. The molecule has 0 aliphatic carbocycles. The quantitative estimate of drug-likeness (QED) is 0.189. The Morgan fingerprint density at radius 2 is 1.90 bits per heavy atom. The first-order valence-corrected chi connectivity index (χ1v) is 12.8. The number of aldehydes is 1. The molecule has 39 heavy (non-hydrogen) atoms. The predicted molar refractivity (Wildman–Crippen MR) is 145 cm³/mol. The van der Waals surface area contributed by atoms with E-state index < -0.39 is 5.82 Å². The first kappa shape index (κ1) is 25.0. The van der Waals surface area contributed by atoms with Gasteiger partial charge in [-0.3, -0.25) is 9.36 Å². The Kier molecular flexibility index (Phi) is 6.96. The van der Waals surface area contributed by atoms with Crippen molar-refractivity contribution in [2.45, 2.75) is 25.7 Å². The van der Waals surface area contributed by atoms with E-state index in [4.69, 9.17) is 25.8 Å². The highest BCUT2D eigenvalue weighted by atomic mass is 35.5. The van der Waals surface area contributed by atoms with Gasteiger partial charge in [0.25, 0.3) is 0 Å². The molecule has 6 rings (SSSR count). The van der Waals surface area contributed by atoms with Gasteiger partial charge in [-0.1, -0.05) is 23.7 Å². The van der Waals surface area contributed by atoms with Crippen LogP contribution in [0.4, 0.5) is 4.39 Å². The van der Waals surface area contributed by atoms with Crippen molar-refractivity contribution in [3.05, 3.63) is 101 Å². The summed E-state index contributed by atoms with van der Waals surface area (Å²) in [7, 11) is 0. The fourth-order valence-corrected chi connectivity index (χ4v) is 4.48. The molecular weight excluding hydrogens is 521 g/mol. The number of nitrogens with zero attached hydrogens (tertiary/aromatic N) is 3. The number of halogens is 2. The molecule has 0 saturated carbocycles. The third kappa shape index (κ3) is 5.48. The maximum Gasteiger partial charge on any atom is 0.303 e. The first-order chi connectivity index (χ1) is 19.1. The minimum absolute atomic E-state index is 0.0352. The molecule has 3 heterocycles. The number of benzene rings is 3. The smallest absolute Gasteiger partial charge is 0.303 e. The number of ether oxygens (including phenoxy) is 3. The normalized spacial score (nSPS) is 14.7. The monoisotopic (exact) mass is 543 g/mol. The van der Waals surface area contributed by atoms with Crippen LogP contribution >= 0.6 is 11.6 Å². The molecule has 3 aromatic carbocycles. The number of pyridine rings is 1. The third-order valence-electron chi connectivity index (χ3n) is 6.53. The Bertz CT molecular complexity index is 1650. The van der Waals surface area contributed by atoms with Gasteiger partial charge >= 0.3 is 6.01 Å². The minimum atomic E-state index is -0.424. The summed E-state index contributed by atoms with van der Waals surface area (Å²) < 4.78 is 33.5. The first-order valence-electron chi connectivity index (χ1n) is 12.4. The van der Waals surface area contributed by atoms with Crippen molar-refractivity contribution in [2.24, 2.45) is 0 Å². The summed E-state index contributed by atoms with van der Waals surface area (Å²) in [6, 6.07) is 23.2. The summed E-state index contributed by atoms with van der Waals surface area (Å²) in [4.78, 5) is 20.5. The zero-order valence-electron chi connectivity index (χ0n) is 20.7. The van der Waals surface area contributed by atoms with Crippen LogP contribution in [0.2, 0.25) is 5.02 Å². The summed E-state index contributed by atoms with van der Waals surface area (Å²) in [5.41, 5.74) is 4.09. The molecule has 1 fully saturated rings. The van der Waals surface area contributed by atoms with Crippen molar-refractivity contribution in [3.8, 4) is 28.9 Å². The van der Waals surface area contributed by atoms with Gasteiger partial charge in [0.15, 0.2) is 0 Å². The molecule has 0 N–H and O–H groups in total. The maximum absolute atomic E-state index is 14.1. The molecule has 1 aliphatic heterocycles. The summed E-state index contributed by atoms with van der Waals surface area (Å²) in [6.07, 6.45) is 1.87. The lowest BCUT2D eigenvalue weighted by molar-refractivity contribution is -0.0593. The van der Waals surface area contributed by atoms with E-state index in [1.165, 1.54) is 6.07 Å². The van der Waals surface area contributed by atoms with E-state index in [9.17, 15) is 9.18 Å². The molecule has 1 atom stereocenters. The molecule has 0 amide bonds. The number of hydrogen-bond donors (Lipinski definition) is 0. The van der Waals surface area contributed by atoms with Crippen LogP contribution in [-0.4, -0.2) is 33.5 Å². The van der Waals surface area contributed by atoms with Gasteiger partial charge in [-0.05, 0) is 67.1 Å². The molecule has 0 unspecified atom stereocenters. The average molecular weight is 544 g/mol. The number of fused-ring (bicyclic) bond motifs is 1. The second-order valence-electron chi connectivity index (χ2n) is 9.16. The van der Waals surface area contributed by atoms with Crippen LogP contribution in [0.3, 0.4) is 0 Å². The van der Waals surface area contributed by atoms with E-state index in [1.54, 1.807) is 24.3 Å². The van der Waals surface area contributed by atoms with Crippen LogP contribution in [0.1, 0.15) is 22.3 Å². The third-order valence-corrected chi connectivity index (χ3v) is 6.76. The zero-order chi connectivity index (χ0) is 26.8. The van der Waals surface area contributed by atoms with Crippen molar-refractivity contribution >= 4 is 28.9 Å². The molecule has 1 saturated heterocycles. The summed E-state index contributed by atoms with van der Waals surface area (Å²) in [5.74, 6) is 0.557. The number of hydrogen-bond acceptors (Lipinski definition) is 6. The Labute approximate surface area is 228 Å². The van der Waals surface area contributed by atoms with Gasteiger partial charge in [0.05, 0.1) is 29.4 Å². The highest BCUT2D eigenvalue weighted by molar-refractivity contribution is 6.30. The van der Waals surface area contributed by atoms with Gasteiger partial charge in [-0.2, -0.15) is 4.98 Å². The van der Waals surface area contributed by atoms with Crippen molar-refractivity contribution in [3.63, 3.8) is 0 Å². The topological polar surface area (TPSA) is 75.5 Å². The molecule has 0 spiro atoms. The standard InChI is InChI=1S/C30H23ClFN3O4/c31-22-8-5-21(25(32)15-22)18-38-29-3-1-2-26(33-29)20-6-9-23(10-7-20)39-30-34-27-11-4-19(17-36)14-28(27)35(30)16-24-12-13-37-24/h1-11,14-15,17,24H,12-13,16,18H2/t24-/m0/s1. The van der Waals surface area contributed by atoms with Gasteiger partial charge < -0.3 is 14.2 Å². The molecule has 1 aliphatic rings. The van der Waals surface area contributed by atoms with Crippen LogP contribution in [0, 0.1) is 5.82 Å². The number of rotatable bonds is 9. The molecule has 7 nitrogen and oxygen atoms in total. The highest BCUT2D eigenvalue weighted by Crippen LogP contribution is 2.30. The SMILES string of the molecule is O=Cc1ccc2nc(Oc3ccc(-c4cccc(OCc5ccc(Cl)cc5F)n4)cc3)n(C[C@@H]3CCO3)c2c1. The van der Waals surface area contributed by atoms with E-state index in [1.807, 2.05) is 53.1 Å². The minimum Gasteiger partial charge on any atom is -0.473 e. The molecule has 0 bridgehead atoms. The van der Waals surface area contributed by atoms with Gasteiger partial charge in [0.2, 0.25) is 5.88 Å². The van der Waals surface area contributed by atoms with Gasteiger partial charge in [0.1, 0.15) is 24.5 Å². The lowest BCUT2D eigenvalue weighted by Gasteiger charge is -2.27. The van der Waals surface area contributed by atoms with Crippen LogP contribution in [0.25, 0.3) is 22.3 Å². The second-order valence-corrected chi connectivity index (χ2v) is 9.60. The van der Waals surface area contributed by atoms with E-state index in [0.717, 1.165) is 35.9 Å². The molecule has 9 heteroatoms. The van der Waals surface area contributed by atoms with Crippen LogP contribution in [-0.2, 0) is 17.9 Å². The number of imidazole rings is 1. The van der Waals surface area contributed by atoms with Gasteiger partial charge in [-0.25, -0.2) is 9.37 Å². The summed E-state index contributed by atoms with van der Waals surface area (Å²) in [5, 5.41) is 0.334. The van der Waals surface area contributed by atoms with E-state index >= 15 is 0 Å². The molecule has 0 radical (unpaired) electrons. The van der Waals surface area contributed by atoms with Gasteiger partial charge in [-0.15, -0.1) is 0 Å². The predicted octanol–water partition coefficient (Wildman–Crippen LogP) is 6.86. The summed E-state index contributed by atoms with van der Waals surface area (Å²) in [6.45, 7) is 1.36. The second kappa shape index (κ2) is 10.8. The number of aromatic nitrogens is 3. The lowest BCUT2D eigenvalue weighted by atomic mass is 10.1. The Hall–Kier alpha value is -4.27. The molecule has 196 valence electrons. The zero-order valence-corrected chi connectivity index (χ0v) is 21.5. The molecule has 2 aromatic heterocycles. The Morgan fingerprint density at radius 3 is 2.64 bits per heavy atom. The fourth-order valence-electron chi connectivity index (χ4n) is 4.32. The van der Waals surface area contributed by atoms with Crippen LogP contribution in [0.15, 0.2) is 78.9 Å². The fraction of sp³-hybridized carbons (Fsp3) is 0.167. The number of carbonyl (C=O) groups excluding carboxylic acids is 1. The Balaban J connectivity index is 1.19. The summed E-state index contributed by atoms with van der Waals surface area (Å²) >= 11 is 5.82. The maximum atomic E-state index is 14.1. The van der Waals surface area contributed by atoms with Crippen molar-refractivity contribution < 1.29 is 23.4 Å². The molecule has 5 aromatic rings. The average Bonchev–Trinajstić information content (AvgIpc) is 3.26. The number of carbonyl (C=O) groups is 1. The Morgan fingerprint density at radius 1 is 1.05 bits per heavy atom. The van der Waals surface area contributed by atoms with E-state index in [0.29, 0.717) is 46.0 Å². The molecular formula is C30H23ClFN3O4. The van der Waals surface area contributed by atoms with Crippen LogP contribution in [0.5, 0.6) is 17.6 Å². The van der Waals surface area contributed by atoms with E-state index in [2.05, 4.69) is 9.97 Å². The van der Waals surface area contributed by atoms with E-state index in [-0.39, 0.29) is 12.7 Å². The van der Waals surface area contributed by atoms with Gasteiger partial charge in [0, 0.05) is 34.4 Å². The lowest BCUT2D eigenvalue weighted by Crippen LogP contribution is -2.31. The van der Waals surface area contributed by atoms with Crippen LogP contribution < -0.4 is 9.47 Å². The largest absolute Gasteiger partial charge is 0.473 e.